The van der Waals surface area contributed by atoms with E-state index in [0.717, 1.165) is 0 Å². The van der Waals surface area contributed by atoms with Gasteiger partial charge in [0.1, 0.15) is 5.82 Å². The standard InChI is InChI=1S/C11H9BrFNO/c1-3-6-14(2)11(15)9-5-4-8(12)7-10(9)13/h1,4-5,7H,6H2,2H3. The maximum absolute atomic E-state index is 13.4. The Balaban J connectivity index is 2.97. The van der Waals surface area contributed by atoms with Crippen LogP contribution in [0.15, 0.2) is 22.7 Å². The smallest absolute Gasteiger partial charge is 0.257 e. The molecule has 0 unspecified atom stereocenters. The molecule has 0 aliphatic rings. The van der Waals surface area contributed by atoms with Crippen molar-refractivity contribution in [2.45, 2.75) is 0 Å². The first-order valence-electron chi connectivity index (χ1n) is 4.20. The van der Waals surface area contributed by atoms with Crippen molar-refractivity contribution >= 4 is 21.8 Å². The second-order valence-corrected chi connectivity index (χ2v) is 3.91. The molecule has 1 rings (SSSR count). The first-order chi connectivity index (χ1) is 7.06. The Morgan fingerprint density at radius 1 is 1.67 bits per heavy atom. The molecule has 1 aromatic carbocycles. The lowest BCUT2D eigenvalue weighted by atomic mass is 10.2. The second kappa shape index (κ2) is 4.94. The van der Waals surface area contributed by atoms with Crippen molar-refractivity contribution in [1.29, 1.82) is 0 Å². The Kier molecular flexibility index (Phi) is 3.87. The summed E-state index contributed by atoms with van der Waals surface area (Å²) < 4.78 is 14.0. The lowest BCUT2D eigenvalue weighted by Gasteiger charge is -2.14. The minimum atomic E-state index is -0.557. The number of terminal acetylenes is 1. The van der Waals surface area contributed by atoms with Gasteiger partial charge in [-0.2, -0.15) is 0 Å². The van der Waals surface area contributed by atoms with Gasteiger partial charge in [-0.25, -0.2) is 4.39 Å². The van der Waals surface area contributed by atoms with E-state index in [-0.39, 0.29) is 12.1 Å². The summed E-state index contributed by atoms with van der Waals surface area (Å²) in [7, 11) is 1.53. The predicted molar refractivity (Wildman–Crippen MR) is 59.9 cm³/mol. The highest BCUT2D eigenvalue weighted by Gasteiger charge is 2.15. The third-order valence-electron chi connectivity index (χ3n) is 1.84. The van der Waals surface area contributed by atoms with Crippen LogP contribution in [0.5, 0.6) is 0 Å². The lowest BCUT2D eigenvalue weighted by Crippen LogP contribution is -2.27. The highest BCUT2D eigenvalue weighted by molar-refractivity contribution is 9.10. The monoisotopic (exact) mass is 269 g/mol. The maximum atomic E-state index is 13.4. The molecule has 0 heterocycles. The molecular formula is C11H9BrFNO. The maximum Gasteiger partial charge on any atom is 0.257 e. The molecule has 0 saturated heterocycles. The van der Waals surface area contributed by atoms with Crippen LogP contribution in [0.25, 0.3) is 0 Å². The fourth-order valence-corrected chi connectivity index (χ4v) is 1.41. The van der Waals surface area contributed by atoms with Crippen LogP contribution in [-0.4, -0.2) is 24.4 Å². The summed E-state index contributed by atoms with van der Waals surface area (Å²) in [5, 5.41) is 0. The number of carbonyl (C=O) groups excluding carboxylic acids is 1. The lowest BCUT2D eigenvalue weighted by molar-refractivity contribution is 0.0808. The van der Waals surface area contributed by atoms with Gasteiger partial charge in [-0.15, -0.1) is 6.42 Å². The van der Waals surface area contributed by atoms with Gasteiger partial charge in [-0.05, 0) is 18.2 Å². The third-order valence-corrected chi connectivity index (χ3v) is 2.33. The number of nitrogens with zero attached hydrogens (tertiary/aromatic N) is 1. The zero-order valence-corrected chi connectivity index (χ0v) is 9.71. The molecule has 2 nitrogen and oxygen atoms in total. The van der Waals surface area contributed by atoms with Crippen molar-refractivity contribution in [3.05, 3.63) is 34.1 Å². The normalized spacial score (nSPS) is 9.47. The van der Waals surface area contributed by atoms with E-state index in [4.69, 9.17) is 6.42 Å². The number of hydrogen-bond acceptors (Lipinski definition) is 1. The van der Waals surface area contributed by atoms with E-state index in [1.807, 2.05) is 0 Å². The minimum Gasteiger partial charge on any atom is -0.330 e. The van der Waals surface area contributed by atoms with E-state index in [2.05, 4.69) is 21.9 Å². The Morgan fingerprint density at radius 2 is 2.33 bits per heavy atom. The molecule has 0 bridgehead atoms. The molecule has 0 N–H and O–H groups in total. The summed E-state index contributed by atoms with van der Waals surface area (Å²) in [6, 6.07) is 4.28. The van der Waals surface area contributed by atoms with Crippen molar-refractivity contribution in [2.24, 2.45) is 0 Å². The van der Waals surface area contributed by atoms with E-state index in [0.29, 0.717) is 4.47 Å². The van der Waals surface area contributed by atoms with Gasteiger partial charge in [-0.3, -0.25) is 4.79 Å². The molecule has 0 saturated carbocycles. The minimum absolute atomic E-state index is 0.0240. The molecule has 0 aliphatic carbocycles. The van der Waals surface area contributed by atoms with E-state index in [1.165, 1.54) is 24.1 Å². The number of carbonyl (C=O) groups is 1. The van der Waals surface area contributed by atoms with Crippen molar-refractivity contribution in [3.8, 4) is 12.3 Å². The first kappa shape index (κ1) is 11.7. The van der Waals surface area contributed by atoms with Crippen LogP contribution < -0.4 is 0 Å². The molecular weight excluding hydrogens is 261 g/mol. The predicted octanol–water partition coefficient (Wildman–Crippen LogP) is 2.29. The average molecular weight is 270 g/mol. The van der Waals surface area contributed by atoms with Crippen molar-refractivity contribution in [2.75, 3.05) is 13.6 Å². The average Bonchev–Trinajstić information content (AvgIpc) is 2.17. The molecule has 0 aliphatic heterocycles. The molecule has 0 aromatic heterocycles. The Morgan fingerprint density at radius 3 is 2.87 bits per heavy atom. The van der Waals surface area contributed by atoms with E-state index < -0.39 is 11.7 Å². The number of halogens is 2. The van der Waals surface area contributed by atoms with Crippen molar-refractivity contribution in [1.82, 2.24) is 4.90 Å². The van der Waals surface area contributed by atoms with Crippen LogP contribution >= 0.6 is 15.9 Å². The number of amides is 1. The number of hydrogen-bond donors (Lipinski definition) is 0. The van der Waals surface area contributed by atoms with Crippen LogP contribution in [0.3, 0.4) is 0 Å². The number of rotatable bonds is 2. The molecule has 78 valence electrons. The topological polar surface area (TPSA) is 20.3 Å². The molecule has 0 atom stereocenters. The first-order valence-corrected chi connectivity index (χ1v) is 4.99. The van der Waals surface area contributed by atoms with Crippen molar-refractivity contribution < 1.29 is 9.18 Å². The Labute approximate surface area is 96.2 Å². The van der Waals surface area contributed by atoms with E-state index >= 15 is 0 Å². The molecule has 15 heavy (non-hydrogen) atoms. The SMILES string of the molecule is C#CCN(C)C(=O)c1ccc(Br)cc1F. The molecule has 1 aromatic rings. The summed E-state index contributed by atoms with van der Waals surface area (Å²) in [5.74, 6) is 1.35. The van der Waals surface area contributed by atoms with Crippen LogP contribution in [0, 0.1) is 18.2 Å². The highest BCUT2D eigenvalue weighted by atomic mass is 79.9. The quantitative estimate of drug-likeness (QED) is 0.755. The van der Waals surface area contributed by atoms with Gasteiger partial charge in [0.15, 0.2) is 0 Å². The van der Waals surface area contributed by atoms with E-state index in [1.54, 1.807) is 6.07 Å². The summed E-state index contributed by atoms with van der Waals surface area (Å²) in [6.45, 7) is 0.161. The van der Waals surface area contributed by atoms with Crippen LogP contribution in [0.2, 0.25) is 0 Å². The zero-order chi connectivity index (χ0) is 11.4. The molecule has 0 fully saturated rings. The van der Waals surface area contributed by atoms with Gasteiger partial charge >= 0.3 is 0 Å². The second-order valence-electron chi connectivity index (χ2n) is 2.99. The van der Waals surface area contributed by atoms with Crippen LogP contribution in [-0.2, 0) is 0 Å². The third kappa shape index (κ3) is 2.80. The summed E-state index contributed by atoms with van der Waals surface area (Å²) in [5.41, 5.74) is 0.0240. The number of benzene rings is 1. The Hall–Kier alpha value is -1.34. The van der Waals surface area contributed by atoms with Gasteiger partial charge in [0, 0.05) is 11.5 Å². The molecule has 1 amide bonds. The van der Waals surface area contributed by atoms with Gasteiger partial charge in [0.2, 0.25) is 0 Å². The largest absolute Gasteiger partial charge is 0.330 e. The summed E-state index contributed by atoms with van der Waals surface area (Å²) >= 11 is 3.12. The van der Waals surface area contributed by atoms with Gasteiger partial charge < -0.3 is 4.90 Å². The van der Waals surface area contributed by atoms with Gasteiger partial charge in [0.05, 0.1) is 12.1 Å². The molecule has 0 spiro atoms. The Bertz CT molecular complexity index is 425. The zero-order valence-electron chi connectivity index (χ0n) is 8.13. The van der Waals surface area contributed by atoms with E-state index in [9.17, 15) is 9.18 Å². The van der Waals surface area contributed by atoms with Crippen molar-refractivity contribution in [3.63, 3.8) is 0 Å². The molecule has 0 radical (unpaired) electrons. The fraction of sp³-hybridized carbons (Fsp3) is 0.182. The summed E-state index contributed by atoms with van der Waals surface area (Å²) in [4.78, 5) is 12.9. The molecule has 4 heteroatoms. The van der Waals surface area contributed by atoms with Crippen LogP contribution in [0.1, 0.15) is 10.4 Å². The highest BCUT2D eigenvalue weighted by Crippen LogP contribution is 2.16. The van der Waals surface area contributed by atoms with Crippen LogP contribution in [0.4, 0.5) is 4.39 Å². The van der Waals surface area contributed by atoms with Gasteiger partial charge in [-0.1, -0.05) is 21.9 Å². The summed E-state index contributed by atoms with van der Waals surface area (Å²) in [6.07, 6.45) is 5.06. The fourth-order valence-electron chi connectivity index (χ4n) is 1.08. The van der Waals surface area contributed by atoms with Gasteiger partial charge in [0.25, 0.3) is 5.91 Å².